The van der Waals surface area contributed by atoms with Crippen molar-refractivity contribution in [2.45, 2.75) is 30.9 Å². The minimum Gasteiger partial charge on any atom is -0.381 e. The second-order valence-electron chi connectivity index (χ2n) is 5.38. The van der Waals surface area contributed by atoms with Crippen molar-refractivity contribution in [3.05, 3.63) is 36.2 Å². The summed E-state index contributed by atoms with van der Waals surface area (Å²) in [5.41, 5.74) is 0.947. The van der Waals surface area contributed by atoms with Crippen LogP contribution in [0, 0.1) is 0 Å². The third-order valence-corrected chi connectivity index (χ3v) is 5.68. The van der Waals surface area contributed by atoms with Crippen LogP contribution >= 0.6 is 0 Å². The molecule has 118 valence electrons. The molecule has 1 aliphatic heterocycles. The number of benzene rings is 1. The van der Waals surface area contributed by atoms with Crippen molar-refractivity contribution in [1.29, 1.82) is 0 Å². The Kier molecular flexibility index (Phi) is 5.34. The van der Waals surface area contributed by atoms with E-state index in [2.05, 4.69) is 10.1 Å². The topological polar surface area (TPSA) is 65.2 Å². The highest BCUT2D eigenvalue weighted by Crippen LogP contribution is 2.17. The Balaban J connectivity index is 1.48. The van der Waals surface area contributed by atoms with E-state index in [9.17, 15) is 4.21 Å². The van der Waals surface area contributed by atoms with Gasteiger partial charge >= 0.3 is 0 Å². The van der Waals surface area contributed by atoms with Crippen LogP contribution in [0.4, 0.5) is 0 Å². The van der Waals surface area contributed by atoms with Crippen LogP contribution in [0.15, 0.2) is 34.9 Å². The smallest absolute Gasteiger partial charge is 0.226 e. The number of hydrogen-bond donors (Lipinski definition) is 0. The summed E-state index contributed by atoms with van der Waals surface area (Å²) in [5.74, 6) is 1.91. The fraction of sp³-hybridized carbons (Fsp3) is 0.500. The van der Waals surface area contributed by atoms with E-state index in [1.807, 2.05) is 30.3 Å². The van der Waals surface area contributed by atoms with Gasteiger partial charge in [-0.25, -0.2) is 0 Å². The van der Waals surface area contributed by atoms with Crippen LogP contribution in [-0.4, -0.2) is 38.6 Å². The van der Waals surface area contributed by atoms with Crippen LogP contribution < -0.4 is 0 Å². The molecule has 5 nitrogen and oxygen atoms in total. The van der Waals surface area contributed by atoms with Gasteiger partial charge in [0.05, 0.1) is 0 Å². The molecule has 22 heavy (non-hydrogen) atoms. The standard InChI is InChI=1S/C16H20N2O3S/c19-22(14-8-10-20-11-9-14)12-4-7-15-17-16(18-21-15)13-5-2-1-3-6-13/h1-3,5-6,14H,4,7-12H2/t22-/m1/s1. The van der Waals surface area contributed by atoms with Gasteiger partial charge in [0.2, 0.25) is 11.7 Å². The minimum absolute atomic E-state index is 0.288. The molecule has 3 rings (SSSR count). The average molecular weight is 320 g/mol. The number of ether oxygens (including phenoxy) is 1. The quantitative estimate of drug-likeness (QED) is 0.818. The van der Waals surface area contributed by atoms with Crippen LogP contribution in [-0.2, 0) is 22.0 Å². The highest BCUT2D eigenvalue weighted by molar-refractivity contribution is 7.85. The molecule has 0 radical (unpaired) electrons. The van der Waals surface area contributed by atoms with Gasteiger partial charge in [-0.05, 0) is 19.3 Å². The van der Waals surface area contributed by atoms with Crippen molar-refractivity contribution in [3.63, 3.8) is 0 Å². The highest BCUT2D eigenvalue weighted by Gasteiger charge is 2.20. The van der Waals surface area contributed by atoms with E-state index in [4.69, 9.17) is 9.26 Å². The summed E-state index contributed by atoms with van der Waals surface area (Å²) in [4.78, 5) is 4.39. The molecule has 0 amide bonds. The lowest BCUT2D eigenvalue weighted by molar-refractivity contribution is 0.0992. The summed E-state index contributed by atoms with van der Waals surface area (Å²) in [5, 5.41) is 4.28. The maximum absolute atomic E-state index is 12.2. The molecule has 0 N–H and O–H groups in total. The summed E-state index contributed by atoms with van der Waals surface area (Å²) >= 11 is 0. The van der Waals surface area contributed by atoms with Gasteiger partial charge in [-0.1, -0.05) is 35.5 Å². The lowest BCUT2D eigenvalue weighted by Gasteiger charge is -2.21. The Morgan fingerprint density at radius 1 is 1.18 bits per heavy atom. The zero-order valence-corrected chi connectivity index (χ0v) is 13.3. The van der Waals surface area contributed by atoms with Crippen LogP contribution in [0.1, 0.15) is 25.2 Å². The lowest BCUT2D eigenvalue weighted by Crippen LogP contribution is -2.26. The Morgan fingerprint density at radius 2 is 1.95 bits per heavy atom. The van der Waals surface area contributed by atoms with Gasteiger partial charge in [0.25, 0.3) is 0 Å². The molecule has 0 spiro atoms. The second kappa shape index (κ2) is 7.65. The molecule has 1 saturated heterocycles. The summed E-state index contributed by atoms with van der Waals surface area (Å²) < 4.78 is 22.8. The van der Waals surface area contributed by atoms with Gasteiger partial charge in [0.1, 0.15) is 0 Å². The van der Waals surface area contributed by atoms with Crippen LogP contribution in [0.3, 0.4) is 0 Å². The first kappa shape index (κ1) is 15.4. The van der Waals surface area contributed by atoms with E-state index in [-0.39, 0.29) is 5.25 Å². The predicted octanol–water partition coefficient (Wildman–Crippen LogP) is 2.60. The number of nitrogens with zero attached hydrogens (tertiary/aromatic N) is 2. The second-order valence-corrected chi connectivity index (χ2v) is 7.21. The van der Waals surface area contributed by atoms with Gasteiger partial charge < -0.3 is 9.26 Å². The van der Waals surface area contributed by atoms with Crippen molar-refractivity contribution >= 4 is 10.8 Å². The molecular weight excluding hydrogens is 300 g/mol. The van der Waals surface area contributed by atoms with E-state index >= 15 is 0 Å². The molecule has 0 saturated carbocycles. The van der Waals surface area contributed by atoms with Gasteiger partial charge in [0, 0.05) is 47.0 Å². The number of hydrogen-bond acceptors (Lipinski definition) is 5. The Hall–Kier alpha value is -1.53. The molecule has 1 aromatic heterocycles. The van der Waals surface area contributed by atoms with Crippen molar-refractivity contribution < 1.29 is 13.5 Å². The Labute approximate surface area is 132 Å². The van der Waals surface area contributed by atoms with E-state index in [1.54, 1.807) is 0 Å². The van der Waals surface area contributed by atoms with Crippen molar-refractivity contribution in [1.82, 2.24) is 10.1 Å². The number of aromatic nitrogens is 2. The average Bonchev–Trinajstić information content (AvgIpc) is 3.05. The molecule has 0 aliphatic carbocycles. The fourth-order valence-electron chi connectivity index (χ4n) is 2.53. The molecular formula is C16H20N2O3S. The van der Waals surface area contributed by atoms with E-state index in [0.717, 1.165) is 38.0 Å². The van der Waals surface area contributed by atoms with Gasteiger partial charge in [-0.15, -0.1) is 0 Å². The molecule has 0 unspecified atom stereocenters. The normalized spacial score (nSPS) is 17.5. The molecule has 1 atom stereocenters. The summed E-state index contributed by atoms with van der Waals surface area (Å²) in [7, 11) is -0.779. The lowest BCUT2D eigenvalue weighted by atomic mass is 10.2. The number of aryl methyl sites for hydroxylation is 1. The first-order valence-electron chi connectivity index (χ1n) is 7.66. The predicted molar refractivity (Wildman–Crippen MR) is 84.9 cm³/mol. The molecule has 1 aromatic carbocycles. The summed E-state index contributed by atoms with van der Waals surface area (Å²) in [6, 6.07) is 9.75. The van der Waals surface area contributed by atoms with E-state index < -0.39 is 10.8 Å². The summed E-state index contributed by atoms with van der Waals surface area (Å²) in [6.45, 7) is 1.47. The monoisotopic (exact) mass is 320 g/mol. The molecule has 0 bridgehead atoms. The van der Waals surface area contributed by atoms with Crippen LogP contribution in [0.2, 0.25) is 0 Å². The first-order valence-corrected chi connectivity index (χ1v) is 9.04. The summed E-state index contributed by atoms with van der Waals surface area (Å²) in [6.07, 6.45) is 3.30. The first-order chi connectivity index (χ1) is 10.8. The molecule has 6 heteroatoms. The van der Waals surface area contributed by atoms with Crippen LogP contribution in [0.5, 0.6) is 0 Å². The molecule has 1 fully saturated rings. The third-order valence-electron chi connectivity index (χ3n) is 3.78. The molecule has 2 heterocycles. The van der Waals surface area contributed by atoms with Gasteiger partial charge in [0.15, 0.2) is 0 Å². The van der Waals surface area contributed by atoms with Gasteiger partial charge in [-0.3, -0.25) is 4.21 Å². The SMILES string of the molecule is O=[S@](CCCc1nc(-c2ccccc2)no1)C1CCOCC1. The van der Waals surface area contributed by atoms with Gasteiger partial charge in [-0.2, -0.15) is 4.98 Å². The Morgan fingerprint density at radius 3 is 2.73 bits per heavy atom. The maximum atomic E-state index is 12.2. The van der Waals surface area contributed by atoms with E-state index in [0.29, 0.717) is 23.9 Å². The minimum atomic E-state index is -0.779. The van der Waals surface area contributed by atoms with Crippen molar-refractivity contribution in [2.75, 3.05) is 19.0 Å². The van der Waals surface area contributed by atoms with Crippen LogP contribution in [0.25, 0.3) is 11.4 Å². The van der Waals surface area contributed by atoms with E-state index in [1.165, 1.54) is 0 Å². The maximum Gasteiger partial charge on any atom is 0.226 e. The zero-order chi connectivity index (χ0) is 15.2. The molecule has 2 aromatic rings. The number of rotatable bonds is 6. The fourth-order valence-corrected chi connectivity index (χ4v) is 4.01. The zero-order valence-electron chi connectivity index (χ0n) is 12.4. The Bertz CT molecular complexity index is 609. The highest BCUT2D eigenvalue weighted by atomic mass is 32.2. The molecule has 1 aliphatic rings. The van der Waals surface area contributed by atoms with Crippen molar-refractivity contribution in [2.24, 2.45) is 0 Å². The largest absolute Gasteiger partial charge is 0.381 e. The van der Waals surface area contributed by atoms with Crippen molar-refractivity contribution in [3.8, 4) is 11.4 Å². The third kappa shape index (κ3) is 4.01.